The zero-order valence-electron chi connectivity index (χ0n) is 68.0. The molecule has 0 spiro atoms. The van der Waals surface area contributed by atoms with E-state index in [0.29, 0.717) is 42.1 Å². The molecule has 0 aliphatic carbocycles. The fourth-order valence-electron chi connectivity index (χ4n) is 12.5. The Morgan fingerprint density at radius 2 is 0.786 bits per heavy atom. The number of nitrogens with one attached hydrogen (secondary N) is 13. The molecule has 0 aliphatic rings. The molecule has 3 rings (SSSR count). The van der Waals surface area contributed by atoms with E-state index in [1.807, 2.05) is 13.8 Å². The van der Waals surface area contributed by atoms with E-state index in [1.165, 1.54) is 31.2 Å². The number of carboxylic acid groups (broad SMARTS) is 3. The minimum atomic E-state index is -1.88. The second kappa shape index (κ2) is 50.9. The van der Waals surface area contributed by atoms with Crippen molar-refractivity contribution in [1.82, 2.24) is 68.8 Å². The molecule has 0 bridgehead atoms. The number of aromatic hydroxyl groups is 1. The summed E-state index contributed by atoms with van der Waals surface area (Å²) in [6, 6.07) is -7.57. The van der Waals surface area contributed by atoms with E-state index in [4.69, 9.17) is 28.7 Å². The fourth-order valence-corrected chi connectivity index (χ4v) is 12.5. The van der Waals surface area contributed by atoms with Crippen molar-refractivity contribution in [3.05, 3.63) is 65.9 Å². The molecule has 0 saturated heterocycles. The van der Waals surface area contributed by atoms with Gasteiger partial charge in [0, 0.05) is 49.2 Å². The van der Waals surface area contributed by atoms with Crippen LogP contribution >= 0.6 is 0 Å². The third-order valence-corrected chi connectivity index (χ3v) is 19.1. The number of phenolic OH excluding ortho intramolecular Hbond substituents is 1. The number of benzene rings is 2. The van der Waals surface area contributed by atoms with Crippen molar-refractivity contribution < 1.29 is 102 Å². The Kier molecular flexibility index (Phi) is 43.4. The average molecular weight is 1650 g/mol. The lowest BCUT2D eigenvalue weighted by Gasteiger charge is -2.30. The van der Waals surface area contributed by atoms with Crippen molar-refractivity contribution in [2.24, 2.45) is 52.3 Å². The van der Waals surface area contributed by atoms with Crippen LogP contribution in [0.4, 0.5) is 0 Å². The summed E-state index contributed by atoms with van der Waals surface area (Å²) in [4.78, 5) is 236. The highest BCUT2D eigenvalue weighted by Gasteiger charge is 2.39. The van der Waals surface area contributed by atoms with Crippen LogP contribution in [0.2, 0.25) is 0 Å². The minimum Gasteiger partial charge on any atom is -0.508 e. The number of hydrogen-bond donors (Lipinski definition) is 22. The number of carboxylic acids is 3. The number of primary amides is 2. The van der Waals surface area contributed by atoms with E-state index in [1.54, 1.807) is 72.0 Å². The number of H-pyrrole nitrogens is 1. The van der Waals surface area contributed by atoms with Gasteiger partial charge >= 0.3 is 17.9 Å². The van der Waals surface area contributed by atoms with Gasteiger partial charge in [-0.15, -0.1) is 0 Å². The summed E-state index contributed by atoms with van der Waals surface area (Å²) in [5.41, 5.74) is 30.1. The number of amides is 14. The van der Waals surface area contributed by atoms with Crippen molar-refractivity contribution in [2.75, 3.05) is 13.1 Å². The van der Waals surface area contributed by atoms with Crippen molar-refractivity contribution in [2.45, 2.75) is 263 Å². The number of aromatic amines is 1. The number of para-hydroxylation sites is 1. The summed E-state index contributed by atoms with van der Waals surface area (Å²) in [7, 11) is 0. The molecule has 3 aromatic rings. The number of aromatic nitrogens is 1. The number of carbonyl (C=O) groups is 17. The SMILES string of the molecule is CCC(C)C(NC(=O)C(Cc1c[nH]c2ccccc12)NC(=O)C(CCCCN)NC(=O)C(N)CC(C)C)C(=O)NC(CCC(N)=O)C(=O)NC(CCC(=O)O)C(=O)NC(Cc1ccc(O)cc1)C(=O)NC(CC(C)C)C(=O)NC(CCC(=O)O)C(=O)NC(CCCCN)C(=O)NC(C)C(=O)NC(CC(C)C)C(=O)NC(CC(N)=O)C(=O)O. The third kappa shape index (κ3) is 36.6. The summed E-state index contributed by atoms with van der Waals surface area (Å²) in [6.45, 7) is 15.4. The molecule has 39 heteroatoms. The molecular formula is C78H122N18O21. The molecule has 14 unspecified atom stereocenters. The van der Waals surface area contributed by atoms with Crippen LogP contribution < -0.4 is 92.5 Å². The van der Waals surface area contributed by atoms with Crippen LogP contribution in [0.5, 0.6) is 5.75 Å². The minimum absolute atomic E-state index is 0.0307. The Morgan fingerprint density at radius 1 is 0.402 bits per heavy atom. The lowest BCUT2D eigenvalue weighted by molar-refractivity contribution is -0.144. The molecule has 27 N–H and O–H groups in total. The molecule has 1 heterocycles. The van der Waals surface area contributed by atoms with E-state index >= 15 is 0 Å². The predicted molar refractivity (Wildman–Crippen MR) is 428 cm³/mol. The summed E-state index contributed by atoms with van der Waals surface area (Å²) >= 11 is 0. The maximum atomic E-state index is 14.9. The summed E-state index contributed by atoms with van der Waals surface area (Å²) < 4.78 is 0. The summed E-state index contributed by atoms with van der Waals surface area (Å²) in [5.74, 6) is -19.9. The molecule has 1 aromatic heterocycles. The number of unbranched alkanes of at least 4 members (excludes halogenated alkanes) is 2. The second-order valence-electron chi connectivity index (χ2n) is 30.6. The smallest absolute Gasteiger partial charge is 0.326 e. The maximum absolute atomic E-state index is 14.9. The van der Waals surface area contributed by atoms with Crippen LogP contribution in [0.25, 0.3) is 10.9 Å². The van der Waals surface area contributed by atoms with Crippen LogP contribution in [0.3, 0.4) is 0 Å². The second-order valence-corrected chi connectivity index (χ2v) is 30.6. The van der Waals surface area contributed by atoms with Gasteiger partial charge in [-0.1, -0.05) is 92.1 Å². The van der Waals surface area contributed by atoms with Crippen LogP contribution in [-0.2, 0) is 94.3 Å². The topological polar surface area (TPSA) is 661 Å². The molecule has 0 saturated carbocycles. The van der Waals surface area contributed by atoms with Gasteiger partial charge in [0.25, 0.3) is 0 Å². The number of phenols is 1. The van der Waals surface area contributed by atoms with Crippen LogP contribution in [0.1, 0.15) is 183 Å². The Bertz CT molecular complexity index is 3870. The Hall–Kier alpha value is -11.3. The third-order valence-electron chi connectivity index (χ3n) is 19.1. The maximum Gasteiger partial charge on any atom is 0.326 e. The standard InChI is InChI=1S/C78H122N18O21/c1-10-43(8)65(96-76(114)59(37-46-39-84-50-18-12-11-17-48(46)50)94-69(107)52(20-14-16-32-80)86-67(105)49(81)33-40(2)3)77(115)90-53(25-28-61(82)98)70(108)88-55(27-30-64(102)103)72(110)93-58(36-45-21-23-47(97)24-22-45)75(113)92-57(35-42(6)7)73(111)89-54(26-29-63(100)101)71(109)87-51(19-13-15-31-79)68(106)85-44(9)66(104)91-56(34-41(4)5)74(112)95-60(78(116)117)38-62(83)99/h11-12,17-18,21-24,39-44,49,51-60,65,84,97H,10,13-16,19-20,25-38,79-81H2,1-9H3,(H2,82,98)(H2,83,99)(H,85,106)(H,86,105)(H,87,109)(H,88,108)(H,89,111)(H,90,115)(H,91,104)(H,92,113)(H,93,110)(H,94,107)(H,95,112)(H,96,114)(H,100,101)(H,102,103)(H,116,117). The number of fused-ring (bicyclic) bond motifs is 1. The zero-order chi connectivity index (χ0) is 87.9. The van der Waals surface area contributed by atoms with Crippen LogP contribution in [0, 0.1) is 23.7 Å². The van der Waals surface area contributed by atoms with E-state index < -0.39 is 242 Å². The summed E-state index contributed by atoms with van der Waals surface area (Å²) in [6.07, 6.45) is -2.01. The molecular weight excluding hydrogens is 1520 g/mol. The van der Waals surface area contributed by atoms with Gasteiger partial charge in [0.15, 0.2) is 0 Å². The summed E-state index contributed by atoms with van der Waals surface area (Å²) in [5, 5.41) is 70.7. The Labute approximate surface area is 679 Å². The fraction of sp³-hybridized carbons (Fsp3) is 0.603. The first-order chi connectivity index (χ1) is 55.1. The number of carbonyl (C=O) groups excluding carboxylic acids is 14. The Balaban J connectivity index is 2.05. The predicted octanol–water partition coefficient (Wildman–Crippen LogP) is -1.78. The van der Waals surface area contributed by atoms with Gasteiger partial charge < -0.3 is 118 Å². The molecule has 39 nitrogen and oxygen atoms in total. The molecule has 14 amide bonds. The van der Waals surface area contributed by atoms with Gasteiger partial charge in [0.2, 0.25) is 82.7 Å². The van der Waals surface area contributed by atoms with Crippen LogP contribution in [0.15, 0.2) is 54.7 Å². The highest BCUT2D eigenvalue weighted by molar-refractivity contribution is 6.01. The molecule has 14 atom stereocenters. The van der Waals surface area contributed by atoms with E-state index in [9.17, 15) is 102 Å². The van der Waals surface area contributed by atoms with Gasteiger partial charge in [-0.05, 0) is 150 Å². The Morgan fingerprint density at radius 3 is 1.23 bits per heavy atom. The molecule has 0 radical (unpaired) electrons. The largest absolute Gasteiger partial charge is 0.508 e. The average Bonchev–Trinajstić information content (AvgIpc) is 1.38. The normalized spacial score (nSPS) is 14.9. The molecule has 2 aromatic carbocycles. The highest BCUT2D eigenvalue weighted by Crippen LogP contribution is 2.22. The van der Waals surface area contributed by atoms with Crippen molar-refractivity contribution in [3.63, 3.8) is 0 Å². The quantitative estimate of drug-likeness (QED) is 0.0278. The number of rotatable bonds is 56. The zero-order valence-corrected chi connectivity index (χ0v) is 68.0. The highest BCUT2D eigenvalue weighted by atomic mass is 16.4. The van der Waals surface area contributed by atoms with E-state index in [2.05, 4.69) is 68.8 Å². The van der Waals surface area contributed by atoms with Crippen molar-refractivity contribution >= 4 is 112 Å². The van der Waals surface area contributed by atoms with Crippen LogP contribution in [-0.4, -0.2) is 218 Å². The van der Waals surface area contributed by atoms with Gasteiger partial charge in [-0.25, -0.2) is 4.79 Å². The molecule has 117 heavy (non-hydrogen) atoms. The monoisotopic (exact) mass is 1650 g/mol. The molecule has 0 fully saturated rings. The molecule has 650 valence electrons. The van der Waals surface area contributed by atoms with Gasteiger partial charge in [0.05, 0.1) is 12.5 Å². The van der Waals surface area contributed by atoms with Gasteiger partial charge in [0.1, 0.15) is 78.3 Å². The lowest BCUT2D eigenvalue weighted by Crippen LogP contribution is -2.61. The number of aliphatic carboxylic acids is 3. The first-order valence-electron chi connectivity index (χ1n) is 39.4. The van der Waals surface area contributed by atoms with E-state index in [0.717, 1.165) is 0 Å². The first-order valence-corrected chi connectivity index (χ1v) is 39.4. The lowest BCUT2D eigenvalue weighted by atomic mass is 9.96. The van der Waals surface area contributed by atoms with Gasteiger partial charge in [-0.3, -0.25) is 76.7 Å². The number of nitrogens with two attached hydrogens (primary N) is 5. The first kappa shape index (κ1) is 99.8. The number of hydrogen-bond acceptors (Lipinski definition) is 21. The van der Waals surface area contributed by atoms with Crippen molar-refractivity contribution in [3.8, 4) is 5.75 Å². The van der Waals surface area contributed by atoms with E-state index in [-0.39, 0.29) is 81.2 Å². The molecule has 0 aliphatic heterocycles. The van der Waals surface area contributed by atoms with Gasteiger partial charge in [-0.2, -0.15) is 0 Å². The van der Waals surface area contributed by atoms with Crippen molar-refractivity contribution in [1.29, 1.82) is 0 Å².